The van der Waals surface area contributed by atoms with Gasteiger partial charge in [-0.05, 0) is 109 Å². The van der Waals surface area contributed by atoms with Crippen LogP contribution in [0.15, 0.2) is 249 Å². The molecule has 0 saturated heterocycles. The number of anilines is 3. The van der Waals surface area contributed by atoms with Crippen LogP contribution in [0.25, 0.3) is 97.4 Å². The Morgan fingerprint density at radius 1 is 0.266 bits per heavy atom. The first-order chi connectivity index (χ1) is 31.7. The molecule has 0 N–H and O–H groups in total. The molecule has 0 atom stereocenters. The highest BCUT2D eigenvalue weighted by Gasteiger charge is 2.24. The predicted molar refractivity (Wildman–Crippen MR) is 276 cm³/mol. The number of rotatable bonds is 8. The molecular formula is C62H41NS. The molecule has 0 unspecified atom stereocenters. The van der Waals surface area contributed by atoms with Crippen LogP contribution >= 0.6 is 11.3 Å². The summed E-state index contributed by atoms with van der Waals surface area (Å²) in [6, 6.07) is 91.0. The summed E-state index contributed by atoms with van der Waals surface area (Å²) in [6.45, 7) is 0. The molecule has 0 amide bonds. The van der Waals surface area contributed by atoms with Gasteiger partial charge in [-0.1, -0.05) is 206 Å². The average molecular weight is 832 g/mol. The van der Waals surface area contributed by atoms with Crippen molar-refractivity contribution in [3.63, 3.8) is 0 Å². The molecule has 0 radical (unpaired) electrons. The van der Waals surface area contributed by atoms with Gasteiger partial charge in [-0.2, -0.15) is 0 Å². The number of thiophene rings is 1. The normalized spacial score (nSPS) is 11.4. The molecular weight excluding hydrogens is 791 g/mol. The van der Waals surface area contributed by atoms with Crippen molar-refractivity contribution in [3.05, 3.63) is 249 Å². The summed E-state index contributed by atoms with van der Waals surface area (Å²) in [5.41, 5.74) is 15.3. The lowest BCUT2D eigenvalue weighted by atomic mass is 9.88. The first-order valence-electron chi connectivity index (χ1n) is 21.9. The van der Waals surface area contributed by atoms with E-state index in [2.05, 4.69) is 254 Å². The molecule has 0 spiro atoms. The quantitative estimate of drug-likeness (QED) is 0.138. The predicted octanol–water partition coefficient (Wildman–Crippen LogP) is 18.2. The van der Waals surface area contributed by atoms with Gasteiger partial charge in [0.1, 0.15) is 0 Å². The van der Waals surface area contributed by atoms with Crippen molar-refractivity contribution in [3.8, 4) is 55.6 Å². The summed E-state index contributed by atoms with van der Waals surface area (Å²) < 4.78 is 2.64. The maximum atomic E-state index is 2.49. The Morgan fingerprint density at radius 2 is 0.688 bits per heavy atom. The molecule has 0 bridgehead atoms. The molecule has 11 aromatic carbocycles. The third kappa shape index (κ3) is 6.64. The van der Waals surface area contributed by atoms with E-state index in [-0.39, 0.29) is 0 Å². The summed E-state index contributed by atoms with van der Waals surface area (Å²) >= 11 is 1.88. The molecule has 0 aliphatic heterocycles. The molecule has 0 saturated carbocycles. The van der Waals surface area contributed by atoms with Gasteiger partial charge in [-0.25, -0.2) is 0 Å². The summed E-state index contributed by atoms with van der Waals surface area (Å²) in [4.78, 5) is 2.49. The Bertz CT molecular complexity index is 3640. The molecule has 1 nitrogen and oxygen atoms in total. The van der Waals surface area contributed by atoms with Crippen molar-refractivity contribution >= 4 is 70.1 Å². The molecule has 12 rings (SSSR count). The van der Waals surface area contributed by atoms with Crippen LogP contribution < -0.4 is 4.90 Å². The lowest BCUT2D eigenvalue weighted by Gasteiger charge is -2.31. The maximum absolute atomic E-state index is 2.49. The van der Waals surface area contributed by atoms with Gasteiger partial charge >= 0.3 is 0 Å². The second kappa shape index (κ2) is 16.0. The van der Waals surface area contributed by atoms with Gasteiger partial charge in [0, 0.05) is 42.5 Å². The highest BCUT2D eigenvalue weighted by molar-refractivity contribution is 7.26. The molecule has 64 heavy (non-hydrogen) atoms. The van der Waals surface area contributed by atoms with Crippen LogP contribution in [0.3, 0.4) is 0 Å². The summed E-state index contributed by atoms with van der Waals surface area (Å²) in [5.74, 6) is 0. The number of hydrogen-bond acceptors (Lipinski definition) is 2. The van der Waals surface area contributed by atoms with Crippen molar-refractivity contribution in [1.82, 2.24) is 0 Å². The van der Waals surface area contributed by atoms with E-state index in [4.69, 9.17) is 0 Å². The first kappa shape index (κ1) is 37.7. The van der Waals surface area contributed by atoms with E-state index in [1.165, 1.54) is 97.4 Å². The summed E-state index contributed by atoms with van der Waals surface area (Å²) in [6.07, 6.45) is 0. The lowest BCUT2D eigenvalue weighted by Crippen LogP contribution is -2.12. The minimum atomic E-state index is 1.09. The van der Waals surface area contributed by atoms with Gasteiger partial charge in [0.2, 0.25) is 0 Å². The SMILES string of the molecule is c1ccc(-c2cccc(-c3ccc(N(c4ccc(-c5cccc6c5sc5ccccc56)cc4)c4c(-c5cccc(-c6ccccc6)c5)c5ccccc5c5ccccc45)cc3)c2)cc1. The molecule has 2 heteroatoms. The van der Waals surface area contributed by atoms with Gasteiger partial charge in [-0.15, -0.1) is 11.3 Å². The molecule has 1 aromatic heterocycles. The standard InChI is InChI=1S/C62H41NS/c1-3-16-42(17-4-1)46-20-13-21-47(40-46)44-32-36-50(37-33-44)63(51-38-34-45(35-39-51)52-29-15-30-58-55-26-11-12-31-59(55)64-62(52)58)61-57-28-10-8-25-54(57)53-24-7-9-27-56(53)60(61)49-23-14-22-48(41-49)43-18-5-2-6-19-43/h1-41H. The topological polar surface area (TPSA) is 3.24 Å². The van der Waals surface area contributed by atoms with Gasteiger partial charge in [0.15, 0.2) is 0 Å². The van der Waals surface area contributed by atoms with E-state index in [1.807, 2.05) is 11.3 Å². The summed E-state index contributed by atoms with van der Waals surface area (Å²) in [7, 11) is 0. The van der Waals surface area contributed by atoms with E-state index < -0.39 is 0 Å². The van der Waals surface area contributed by atoms with Crippen molar-refractivity contribution in [2.45, 2.75) is 0 Å². The van der Waals surface area contributed by atoms with Gasteiger partial charge in [-0.3, -0.25) is 0 Å². The van der Waals surface area contributed by atoms with Gasteiger partial charge < -0.3 is 4.90 Å². The monoisotopic (exact) mass is 831 g/mol. The maximum Gasteiger partial charge on any atom is 0.0624 e. The fraction of sp³-hybridized carbons (Fsp3) is 0. The Hall–Kier alpha value is -8.04. The lowest BCUT2D eigenvalue weighted by molar-refractivity contribution is 1.30. The molecule has 12 aromatic rings. The fourth-order valence-corrected chi connectivity index (χ4v) is 10.9. The van der Waals surface area contributed by atoms with E-state index in [1.54, 1.807) is 0 Å². The van der Waals surface area contributed by atoms with Crippen LogP contribution in [-0.4, -0.2) is 0 Å². The van der Waals surface area contributed by atoms with Crippen LogP contribution in [0.1, 0.15) is 0 Å². The Labute approximate surface area is 377 Å². The van der Waals surface area contributed by atoms with Gasteiger partial charge in [0.05, 0.1) is 5.69 Å². The van der Waals surface area contributed by atoms with E-state index in [0.717, 1.165) is 17.1 Å². The van der Waals surface area contributed by atoms with Gasteiger partial charge in [0.25, 0.3) is 0 Å². The van der Waals surface area contributed by atoms with Crippen LogP contribution in [0.5, 0.6) is 0 Å². The highest BCUT2D eigenvalue weighted by atomic mass is 32.1. The number of hydrogen-bond donors (Lipinski definition) is 0. The van der Waals surface area contributed by atoms with E-state index >= 15 is 0 Å². The van der Waals surface area contributed by atoms with Crippen LogP contribution in [0.2, 0.25) is 0 Å². The van der Waals surface area contributed by atoms with Crippen molar-refractivity contribution < 1.29 is 0 Å². The third-order valence-electron chi connectivity index (χ3n) is 12.7. The smallest absolute Gasteiger partial charge is 0.0624 e. The number of benzene rings is 11. The Balaban J connectivity index is 1.08. The zero-order chi connectivity index (χ0) is 42.4. The molecule has 0 aliphatic rings. The van der Waals surface area contributed by atoms with Crippen LogP contribution in [0.4, 0.5) is 17.1 Å². The average Bonchev–Trinajstić information content (AvgIpc) is 3.77. The zero-order valence-corrected chi connectivity index (χ0v) is 35.8. The Kier molecular flexibility index (Phi) is 9.43. The molecule has 0 fully saturated rings. The van der Waals surface area contributed by atoms with Crippen molar-refractivity contribution in [2.24, 2.45) is 0 Å². The highest BCUT2D eigenvalue weighted by Crippen LogP contribution is 2.50. The minimum absolute atomic E-state index is 1.09. The van der Waals surface area contributed by atoms with E-state index in [9.17, 15) is 0 Å². The number of nitrogens with zero attached hydrogens (tertiary/aromatic N) is 1. The Morgan fingerprint density at radius 3 is 1.31 bits per heavy atom. The second-order valence-corrected chi connectivity index (χ2v) is 17.5. The van der Waals surface area contributed by atoms with Crippen LogP contribution in [0, 0.1) is 0 Å². The fourth-order valence-electron chi connectivity index (χ4n) is 9.62. The second-order valence-electron chi connectivity index (χ2n) is 16.4. The summed E-state index contributed by atoms with van der Waals surface area (Å²) in [5, 5.41) is 7.50. The largest absolute Gasteiger partial charge is 0.309 e. The van der Waals surface area contributed by atoms with Crippen molar-refractivity contribution in [1.29, 1.82) is 0 Å². The molecule has 0 aliphatic carbocycles. The van der Waals surface area contributed by atoms with Crippen molar-refractivity contribution in [2.75, 3.05) is 4.90 Å². The minimum Gasteiger partial charge on any atom is -0.309 e. The molecule has 300 valence electrons. The third-order valence-corrected chi connectivity index (χ3v) is 13.9. The molecule has 1 heterocycles. The number of fused-ring (bicyclic) bond motifs is 6. The van der Waals surface area contributed by atoms with Crippen LogP contribution in [-0.2, 0) is 0 Å². The first-order valence-corrected chi connectivity index (χ1v) is 22.7. The van der Waals surface area contributed by atoms with E-state index in [0.29, 0.717) is 0 Å². The zero-order valence-electron chi connectivity index (χ0n) is 35.0.